The predicted octanol–water partition coefficient (Wildman–Crippen LogP) is -0.126. The molecule has 0 spiro atoms. The third kappa shape index (κ3) is 3.22. The van der Waals surface area contributed by atoms with Crippen LogP contribution in [0.3, 0.4) is 0 Å². The summed E-state index contributed by atoms with van der Waals surface area (Å²) in [4.78, 5) is 30.3. The van der Waals surface area contributed by atoms with Crippen LogP contribution in [0.1, 0.15) is 19.1 Å². The highest BCUT2D eigenvalue weighted by molar-refractivity contribution is 7.51. The number of anilines is 1. The first-order chi connectivity index (χ1) is 10.8. The van der Waals surface area contributed by atoms with E-state index in [0.29, 0.717) is 17.6 Å². The van der Waals surface area contributed by atoms with Crippen LogP contribution in [0.25, 0.3) is 11.2 Å². The third-order valence-electron chi connectivity index (χ3n) is 4.16. The number of nitrogen functional groups attached to an aromatic ring is 1. The smallest absolute Gasteiger partial charge is 0.325 e. The summed E-state index contributed by atoms with van der Waals surface area (Å²) in [5, 5.41) is 9.68. The van der Waals surface area contributed by atoms with E-state index in [9.17, 15) is 9.67 Å². The molecule has 1 aliphatic heterocycles. The van der Waals surface area contributed by atoms with Crippen LogP contribution < -0.4 is 5.73 Å². The topological polar surface area (TPSA) is 157 Å². The number of aliphatic hydroxyl groups excluding tert-OH is 1. The maximum absolute atomic E-state index is 11.1. The Hall–Kier alpha value is -1.58. The van der Waals surface area contributed by atoms with Crippen molar-refractivity contribution in [3.63, 3.8) is 0 Å². The zero-order chi connectivity index (χ0) is 16.7. The highest BCUT2D eigenvalue weighted by atomic mass is 31.2. The number of ether oxygens (including phenoxy) is 1. The predicted molar refractivity (Wildman–Crippen MR) is 80.4 cm³/mol. The van der Waals surface area contributed by atoms with E-state index in [1.807, 2.05) is 0 Å². The molecule has 0 bridgehead atoms. The molecule has 2 aromatic heterocycles. The molecule has 1 saturated heterocycles. The van der Waals surface area contributed by atoms with E-state index in [-0.39, 0.29) is 31.6 Å². The number of hydrogen-bond donors (Lipinski definition) is 4. The second-order valence-corrected chi connectivity index (χ2v) is 7.63. The Morgan fingerprint density at radius 2 is 2.22 bits per heavy atom. The summed E-state index contributed by atoms with van der Waals surface area (Å²) >= 11 is 0. The molecule has 23 heavy (non-hydrogen) atoms. The number of aromatic nitrogens is 4. The molecule has 0 saturated carbocycles. The molecule has 11 heteroatoms. The molecular weight excluding hydrogens is 325 g/mol. The van der Waals surface area contributed by atoms with E-state index in [1.165, 1.54) is 12.7 Å². The van der Waals surface area contributed by atoms with Gasteiger partial charge in [-0.2, -0.15) is 0 Å². The minimum Gasteiger partial charge on any atom is -0.396 e. The molecule has 126 valence electrons. The lowest BCUT2D eigenvalue weighted by Crippen LogP contribution is -2.27. The van der Waals surface area contributed by atoms with E-state index >= 15 is 0 Å². The minimum atomic E-state index is -4.12. The molecule has 10 nitrogen and oxygen atoms in total. The summed E-state index contributed by atoms with van der Waals surface area (Å²) in [6.45, 7) is -0.0122. The molecule has 0 unspecified atom stereocenters. The maximum Gasteiger partial charge on any atom is 0.325 e. The van der Waals surface area contributed by atoms with Crippen molar-refractivity contribution in [2.75, 3.05) is 25.1 Å². The Kier molecular flexibility index (Phi) is 4.11. The Morgan fingerprint density at radius 1 is 1.43 bits per heavy atom. The van der Waals surface area contributed by atoms with Crippen LogP contribution in [-0.2, 0) is 9.30 Å². The number of nitrogens with two attached hydrogens (primary N) is 1. The fourth-order valence-corrected chi connectivity index (χ4v) is 3.53. The van der Waals surface area contributed by atoms with E-state index in [4.69, 9.17) is 20.3 Å². The molecule has 0 aliphatic carbocycles. The van der Waals surface area contributed by atoms with Crippen LogP contribution in [0, 0.1) is 5.41 Å². The lowest BCUT2D eigenvalue weighted by atomic mass is 9.85. The average molecular weight is 343 g/mol. The van der Waals surface area contributed by atoms with Crippen LogP contribution >= 0.6 is 7.60 Å². The van der Waals surface area contributed by atoms with Gasteiger partial charge in [-0.05, 0) is 6.42 Å². The van der Waals surface area contributed by atoms with Crippen molar-refractivity contribution < 1.29 is 24.2 Å². The molecule has 0 aromatic carbocycles. The van der Waals surface area contributed by atoms with Crippen molar-refractivity contribution in [2.24, 2.45) is 5.41 Å². The van der Waals surface area contributed by atoms with Crippen molar-refractivity contribution >= 4 is 24.6 Å². The van der Waals surface area contributed by atoms with Crippen molar-refractivity contribution in [3.05, 3.63) is 12.7 Å². The van der Waals surface area contributed by atoms with E-state index in [0.717, 1.165) is 0 Å². The lowest BCUT2D eigenvalue weighted by Gasteiger charge is -2.24. The molecule has 2 aromatic rings. The first-order valence-corrected chi connectivity index (χ1v) is 8.83. The number of aliphatic hydroxyl groups is 1. The van der Waals surface area contributed by atoms with Crippen molar-refractivity contribution in [1.82, 2.24) is 19.5 Å². The van der Waals surface area contributed by atoms with Gasteiger partial charge >= 0.3 is 7.60 Å². The summed E-state index contributed by atoms with van der Waals surface area (Å²) in [6, 6.07) is 0. The number of nitrogens with zero attached hydrogens (tertiary/aromatic N) is 4. The molecule has 2 atom stereocenters. The quantitative estimate of drug-likeness (QED) is 0.543. The van der Waals surface area contributed by atoms with Gasteiger partial charge in [-0.15, -0.1) is 0 Å². The van der Waals surface area contributed by atoms with E-state index in [2.05, 4.69) is 15.0 Å². The maximum atomic E-state index is 11.1. The Morgan fingerprint density at radius 3 is 2.91 bits per heavy atom. The van der Waals surface area contributed by atoms with Crippen molar-refractivity contribution in [3.8, 4) is 0 Å². The molecule has 0 amide bonds. The fraction of sp³-hybridized carbons (Fsp3) is 0.583. The van der Waals surface area contributed by atoms with Gasteiger partial charge in [0.2, 0.25) is 0 Å². The van der Waals surface area contributed by atoms with Gasteiger partial charge in [-0.3, -0.25) is 9.13 Å². The SMILES string of the molecule is Nc1ncnc2c1ncn2[C@H]1C[C@@](CO)(CCP(=O)(O)O)CO1. The molecular formula is C12H18N5O5P. The van der Waals surface area contributed by atoms with Gasteiger partial charge in [-0.1, -0.05) is 0 Å². The average Bonchev–Trinajstić information content (AvgIpc) is 3.09. The Bertz CT molecular complexity index is 761. The van der Waals surface area contributed by atoms with Gasteiger partial charge < -0.3 is 25.4 Å². The number of hydrogen-bond acceptors (Lipinski definition) is 7. The number of imidazole rings is 1. The largest absolute Gasteiger partial charge is 0.396 e. The molecule has 5 N–H and O–H groups in total. The number of rotatable bonds is 5. The molecule has 1 fully saturated rings. The van der Waals surface area contributed by atoms with Gasteiger partial charge in [0.15, 0.2) is 11.5 Å². The van der Waals surface area contributed by atoms with Crippen LogP contribution in [0.5, 0.6) is 0 Å². The second kappa shape index (κ2) is 5.81. The van der Waals surface area contributed by atoms with Crippen molar-refractivity contribution in [2.45, 2.75) is 19.1 Å². The zero-order valence-electron chi connectivity index (χ0n) is 12.2. The summed E-state index contributed by atoms with van der Waals surface area (Å²) in [7, 11) is -4.12. The second-order valence-electron chi connectivity index (χ2n) is 5.85. The normalized spacial score (nSPS) is 25.3. The van der Waals surface area contributed by atoms with Gasteiger partial charge in [0, 0.05) is 11.8 Å². The zero-order valence-corrected chi connectivity index (χ0v) is 13.1. The highest BCUT2D eigenvalue weighted by Crippen LogP contribution is 2.46. The summed E-state index contributed by atoms with van der Waals surface area (Å²) in [6.07, 6.45) is 2.73. The van der Waals surface area contributed by atoms with Gasteiger partial charge in [-0.25, -0.2) is 15.0 Å². The van der Waals surface area contributed by atoms with E-state index < -0.39 is 19.2 Å². The fourth-order valence-electron chi connectivity index (χ4n) is 2.77. The highest BCUT2D eigenvalue weighted by Gasteiger charge is 2.42. The molecule has 3 rings (SSSR count). The van der Waals surface area contributed by atoms with Crippen LogP contribution in [0.15, 0.2) is 12.7 Å². The first-order valence-electron chi connectivity index (χ1n) is 7.04. The first kappa shape index (κ1) is 16.3. The number of fused-ring (bicyclic) bond motifs is 1. The van der Waals surface area contributed by atoms with Crippen LogP contribution in [-0.4, -0.2) is 53.8 Å². The van der Waals surface area contributed by atoms with Crippen LogP contribution in [0.2, 0.25) is 0 Å². The summed E-state index contributed by atoms with van der Waals surface area (Å²) in [5.41, 5.74) is 6.04. The molecule has 3 heterocycles. The Balaban J connectivity index is 1.82. The standard InChI is InChI=1S/C12H18N5O5P/c13-10-9-11(15-6-14-10)17(7-16-9)8-3-12(4-18,5-22-8)1-2-23(19,20)21/h6-8,18H,1-5H2,(H2,13,14,15)(H2,19,20,21)/t8-,12-/m1/s1. The summed E-state index contributed by atoms with van der Waals surface area (Å²) < 4.78 is 18.5. The monoisotopic (exact) mass is 343 g/mol. The molecule has 0 radical (unpaired) electrons. The van der Waals surface area contributed by atoms with Crippen LogP contribution in [0.4, 0.5) is 5.82 Å². The minimum absolute atomic E-state index is 0.175. The summed E-state index contributed by atoms with van der Waals surface area (Å²) in [5.74, 6) is 0.265. The van der Waals surface area contributed by atoms with Crippen molar-refractivity contribution in [1.29, 1.82) is 0 Å². The molecule has 1 aliphatic rings. The lowest BCUT2D eigenvalue weighted by molar-refractivity contribution is 0.0425. The van der Waals surface area contributed by atoms with E-state index in [1.54, 1.807) is 4.57 Å². The Labute approximate surface area is 131 Å². The van der Waals surface area contributed by atoms with Gasteiger partial charge in [0.25, 0.3) is 0 Å². The van der Waals surface area contributed by atoms with Gasteiger partial charge in [0.05, 0.1) is 25.7 Å². The third-order valence-corrected chi connectivity index (χ3v) is 4.96. The van der Waals surface area contributed by atoms with Gasteiger partial charge in [0.1, 0.15) is 18.1 Å².